The minimum atomic E-state index is -0.534. The van der Waals surface area contributed by atoms with Crippen molar-refractivity contribution in [2.45, 2.75) is 59.9 Å². The van der Waals surface area contributed by atoms with Gasteiger partial charge in [0.15, 0.2) is 0 Å². The number of nitrogens with zero attached hydrogens (tertiary/aromatic N) is 3. The molecule has 0 unspecified atom stereocenters. The van der Waals surface area contributed by atoms with E-state index in [-0.39, 0.29) is 6.09 Å². The lowest BCUT2D eigenvalue weighted by atomic mass is 10.2. The maximum absolute atomic E-state index is 12.1. The maximum Gasteiger partial charge on any atom is 0.410 e. The second-order valence-corrected chi connectivity index (χ2v) is 6.13. The molecule has 1 aliphatic rings. The van der Waals surface area contributed by atoms with Crippen LogP contribution in [0.25, 0.3) is 0 Å². The average molecular weight is 309 g/mol. The number of hydrogen-bond acceptors (Lipinski definition) is 5. The van der Waals surface area contributed by atoms with Crippen molar-refractivity contribution in [2.75, 3.05) is 6.61 Å². The minimum Gasteiger partial charge on any atom is -0.460 e. The van der Waals surface area contributed by atoms with Crippen LogP contribution in [0.3, 0.4) is 0 Å². The van der Waals surface area contributed by atoms with Gasteiger partial charge in [0.1, 0.15) is 5.60 Å². The molecule has 0 saturated carbocycles. The molecule has 0 N–H and O–H groups in total. The summed E-state index contributed by atoms with van der Waals surface area (Å²) in [6.07, 6.45) is -0.370. The first-order valence-electron chi connectivity index (χ1n) is 7.50. The molecule has 0 bridgehead atoms. The van der Waals surface area contributed by atoms with Gasteiger partial charge in [-0.25, -0.2) is 14.6 Å². The molecular formula is C15H23N3O4. The summed E-state index contributed by atoms with van der Waals surface area (Å²) >= 11 is 0. The Morgan fingerprint density at radius 1 is 1.23 bits per heavy atom. The first-order valence-corrected chi connectivity index (χ1v) is 7.50. The van der Waals surface area contributed by atoms with E-state index in [0.717, 1.165) is 11.4 Å². The van der Waals surface area contributed by atoms with Crippen LogP contribution in [0.5, 0.6) is 0 Å². The van der Waals surface area contributed by atoms with Crippen LogP contribution in [0, 0.1) is 0 Å². The molecule has 1 aromatic heterocycles. The van der Waals surface area contributed by atoms with E-state index in [9.17, 15) is 9.59 Å². The highest BCUT2D eigenvalue weighted by atomic mass is 16.6. The van der Waals surface area contributed by atoms with E-state index in [1.165, 1.54) is 0 Å². The fourth-order valence-corrected chi connectivity index (χ4v) is 2.40. The second-order valence-electron chi connectivity index (χ2n) is 6.13. The number of ether oxygens (including phenoxy) is 2. The Balaban J connectivity index is 2.17. The third kappa shape index (κ3) is 3.23. The van der Waals surface area contributed by atoms with Gasteiger partial charge in [0.2, 0.25) is 5.82 Å². The molecule has 0 atom stereocenters. The van der Waals surface area contributed by atoms with Gasteiger partial charge >= 0.3 is 12.1 Å². The zero-order valence-corrected chi connectivity index (χ0v) is 13.8. The van der Waals surface area contributed by atoms with Crippen molar-refractivity contribution >= 4 is 12.1 Å². The van der Waals surface area contributed by atoms with Crippen LogP contribution in [-0.4, -0.2) is 38.7 Å². The maximum atomic E-state index is 12.1. The van der Waals surface area contributed by atoms with Crippen LogP contribution >= 0.6 is 0 Å². The molecule has 0 aromatic carbocycles. The van der Waals surface area contributed by atoms with Crippen LogP contribution in [0.1, 0.15) is 56.6 Å². The van der Waals surface area contributed by atoms with Crippen molar-refractivity contribution < 1.29 is 19.1 Å². The number of carbonyl (C=O) groups is 2. The van der Waals surface area contributed by atoms with Crippen molar-refractivity contribution in [2.24, 2.45) is 0 Å². The lowest BCUT2D eigenvalue weighted by Crippen LogP contribution is -2.34. The number of fused-ring (bicyclic) bond motifs is 1. The number of esters is 1. The molecule has 22 heavy (non-hydrogen) atoms. The highest BCUT2D eigenvalue weighted by Gasteiger charge is 2.33. The first-order chi connectivity index (χ1) is 10.3. The van der Waals surface area contributed by atoms with E-state index in [1.54, 1.807) is 16.4 Å². The molecule has 7 nitrogen and oxygen atoms in total. The molecule has 122 valence electrons. The molecule has 7 heteroatoms. The number of amides is 1. The van der Waals surface area contributed by atoms with Gasteiger partial charge in [0.05, 0.1) is 31.1 Å². The van der Waals surface area contributed by atoms with Crippen LogP contribution in [0.2, 0.25) is 0 Å². The lowest BCUT2D eigenvalue weighted by Gasteiger charge is -2.24. The van der Waals surface area contributed by atoms with E-state index in [0.29, 0.717) is 32.1 Å². The third-order valence-corrected chi connectivity index (χ3v) is 3.26. The Labute approximate surface area is 130 Å². The van der Waals surface area contributed by atoms with Crippen molar-refractivity contribution in [1.29, 1.82) is 0 Å². The largest absolute Gasteiger partial charge is 0.460 e. The normalized spacial score (nSPS) is 14.0. The summed E-state index contributed by atoms with van der Waals surface area (Å²) in [5, 5.41) is 0. The van der Waals surface area contributed by atoms with Crippen LogP contribution in [0.4, 0.5) is 4.79 Å². The quantitative estimate of drug-likeness (QED) is 0.801. The van der Waals surface area contributed by atoms with E-state index in [2.05, 4.69) is 4.98 Å². The van der Waals surface area contributed by atoms with Gasteiger partial charge in [0.25, 0.3) is 0 Å². The third-order valence-electron chi connectivity index (χ3n) is 3.26. The summed E-state index contributed by atoms with van der Waals surface area (Å²) in [5.74, 6) is -0.124. The van der Waals surface area contributed by atoms with Gasteiger partial charge in [-0.15, -0.1) is 0 Å². The fourth-order valence-electron chi connectivity index (χ4n) is 2.40. The summed E-state index contributed by atoms with van der Waals surface area (Å²) < 4.78 is 12.2. The zero-order chi connectivity index (χ0) is 16.5. The summed E-state index contributed by atoms with van der Waals surface area (Å²) in [4.78, 5) is 30.0. The number of imidazole rings is 1. The first kappa shape index (κ1) is 16.3. The van der Waals surface area contributed by atoms with Crippen LogP contribution in [-0.2, 0) is 29.1 Å². The molecule has 0 radical (unpaired) electrons. The summed E-state index contributed by atoms with van der Waals surface area (Å²) in [7, 11) is 0. The summed E-state index contributed by atoms with van der Waals surface area (Å²) in [6, 6.07) is 0. The van der Waals surface area contributed by atoms with E-state index >= 15 is 0 Å². The van der Waals surface area contributed by atoms with Gasteiger partial charge in [-0.2, -0.15) is 0 Å². The smallest absolute Gasteiger partial charge is 0.410 e. The molecule has 0 saturated heterocycles. The predicted molar refractivity (Wildman–Crippen MR) is 79.3 cm³/mol. The standard InChI is InChI=1S/C15H23N3O4/c1-6-18-11-9-17(14(20)22-15(3,4)5)8-10(11)16-12(18)13(19)21-7-2/h6-9H2,1-5H3. The highest BCUT2D eigenvalue weighted by molar-refractivity contribution is 5.86. The second kappa shape index (κ2) is 5.98. The summed E-state index contributed by atoms with van der Waals surface area (Å²) in [6.45, 7) is 10.8. The molecule has 1 aromatic rings. The van der Waals surface area contributed by atoms with Gasteiger partial charge in [-0.1, -0.05) is 0 Å². The van der Waals surface area contributed by atoms with Gasteiger partial charge in [-0.3, -0.25) is 4.90 Å². The molecule has 1 amide bonds. The van der Waals surface area contributed by atoms with Crippen molar-refractivity contribution in [3.8, 4) is 0 Å². The topological polar surface area (TPSA) is 73.7 Å². The van der Waals surface area contributed by atoms with Crippen molar-refractivity contribution in [3.05, 3.63) is 17.2 Å². The predicted octanol–water partition coefficient (Wildman–Crippen LogP) is 2.33. The average Bonchev–Trinajstić information content (AvgIpc) is 2.93. The van der Waals surface area contributed by atoms with Gasteiger partial charge < -0.3 is 14.0 Å². The number of aromatic nitrogens is 2. The summed E-state index contributed by atoms with van der Waals surface area (Å²) in [5.41, 5.74) is 1.07. The van der Waals surface area contributed by atoms with Gasteiger partial charge in [0, 0.05) is 6.54 Å². The van der Waals surface area contributed by atoms with E-state index in [4.69, 9.17) is 9.47 Å². The minimum absolute atomic E-state index is 0.304. The molecule has 2 rings (SSSR count). The van der Waals surface area contributed by atoms with Crippen molar-refractivity contribution in [1.82, 2.24) is 14.5 Å². The zero-order valence-electron chi connectivity index (χ0n) is 13.8. The molecule has 2 heterocycles. The molecule has 0 fully saturated rings. The molecule has 0 aliphatic carbocycles. The van der Waals surface area contributed by atoms with E-state index in [1.807, 2.05) is 27.7 Å². The Morgan fingerprint density at radius 2 is 1.91 bits per heavy atom. The van der Waals surface area contributed by atoms with Gasteiger partial charge in [-0.05, 0) is 34.6 Å². The monoisotopic (exact) mass is 309 g/mol. The lowest BCUT2D eigenvalue weighted by molar-refractivity contribution is 0.0237. The highest BCUT2D eigenvalue weighted by Crippen LogP contribution is 2.26. The van der Waals surface area contributed by atoms with Crippen molar-refractivity contribution in [3.63, 3.8) is 0 Å². The Morgan fingerprint density at radius 3 is 2.45 bits per heavy atom. The fraction of sp³-hybridized carbons (Fsp3) is 0.667. The van der Waals surface area contributed by atoms with Crippen LogP contribution < -0.4 is 0 Å². The molecule has 1 aliphatic heterocycles. The Hall–Kier alpha value is -2.05. The Kier molecular flexibility index (Phi) is 4.44. The number of rotatable bonds is 3. The Bertz CT molecular complexity index is 586. The SMILES string of the molecule is CCOC(=O)c1nc2c(n1CC)CN(C(=O)OC(C)(C)C)C2. The number of carbonyl (C=O) groups excluding carboxylic acids is 2. The van der Waals surface area contributed by atoms with Crippen LogP contribution in [0.15, 0.2) is 0 Å². The number of hydrogen-bond donors (Lipinski definition) is 0. The molecular weight excluding hydrogens is 286 g/mol. The van der Waals surface area contributed by atoms with E-state index < -0.39 is 11.6 Å². The molecule has 0 spiro atoms.